The number of benzene rings is 2. The van der Waals surface area contributed by atoms with Crippen molar-refractivity contribution in [3.8, 4) is 0 Å². The molecule has 132 valence electrons. The Balaban J connectivity index is 2.08. The Morgan fingerprint density at radius 3 is 2.60 bits per heavy atom. The lowest BCUT2D eigenvalue weighted by Gasteiger charge is -2.16. The maximum atomic E-state index is 12.4. The number of ether oxygens (including phenoxy) is 1. The van der Waals surface area contributed by atoms with E-state index in [2.05, 4.69) is 10.6 Å². The number of nitrogens with one attached hydrogen (secondary N) is 2. The quantitative estimate of drug-likeness (QED) is 0.761. The summed E-state index contributed by atoms with van der Waals surface area (Å²) >= 11 is 12.1. The van der Waals surface area contributed by atoms with Crippen LogP contribution in [0.1, 0.15) is 35.8 Å². The highest BCUT2D eigenvalue weighted by atomic mass is 35.5. The molecule has 0 radical (unpaired) electrons. The zero-order chi connectivity index (χ0) is 18.4. The molecule has 0 bridgehead atoms. The standard InChI is InChI=1S/C18H18Cl2N2O3/c1-3-25-18(24)22-14-6-4-5-12(9-14)17(23)21-11(2)15-8-7-13(19)10-16(15)20/h4-11H,3H2,1-2H3,(H,21,23)(H,22,24)/t11-/m1/s1. The Morgan fingerprint density at radius 1 is 1.16 bits per heavy atom. The van der Waals surface area contributed by atoms with E-state index in [0.717, 1.165) is 5.56 Å². The molecule has 0 aliphatic heterocycles. The molecule has 2 aromatic rings. The van der Waals surface area contributed by atoms with Crippen molar-refractivity contribution in [2.75, 3.05) is 11.9 Å². The fourth-order valence-electron chi connectivity index (χ4n) is 2.23. The summed E-state index contributed by atoms with van der Waals surface area (Å²) in [6.07, 6.45) is -0.568. The zero-order valence-corrected chi connectivity index (χ0v) is 15.3. The van der Waals surface area contributed by atoms with Gasteiger partial charge in [0.25, 0.3) is 5.91 Å². The van der Waals surface area contributed by atoms with Gasteiger partial charge in [0.1, 0.15) is 0 Å². The Hall–Kier alpha value is -2.24. The van der Waals surface area contributed by atoms with Gasteiger partial charge in [-0.25, -0.2) is 4.79 Å². The van der Waals surface area contributed by atoms with Gasteiger partial charge in [-0.2, -0.15) is 0 Å². The third-order valence-corrected chi connectivity index (χ3v) is 3.99. The van der Waals surface area contributed by atoms with E-state index in [0.29, 0.717) is 21.3 Å². The van der Waals surface area contributed by atoms with Crippen molar-refractivity contribution >= 4 is 40.9 Å². The first-order valence-corrected chi connectivity index (χ1v) is 8.46. The molecule has 0 heterocycles. The van der Waals surface area contributed by atoms with Gasteiger partial charge in [-0.1, -0.05) is 35.3 Å². The van der Waals surface area contributed by atoms with Crippen LogP contribution in [-0.4, -0.2) is 18.6 Å². The molecule has 0 unspecified atom stereocenters. The molecule has 7 heteroatoms. The maximum absolute atomic E-state index is 12.4. The van der Waals surface area contributed by atoms with Gasteiger partial charge in [-0.15, -0.1) is 0 Å². The normalized spacial score (nSPS) is 11.5. The van der Waals surface area contributed by atoms with Crippen LogP contribution in [0.2, 0.25) is 10.0 Å². The van der Waals surface area contributed by atoms with E-state index in [9.17, 15) is 9.59 Å². The zero-order valence-electron chi connectivity index (χ0n) is 13.8. The minimum Gasteiger partial charge on any atom is -0.450 e. The van der Waals surface area contributed by atoms with Crippen LogP contribution in [0.3, 0.4) is 0 Å². The molecule has 0 aromatic heterocycles. The molecular weight excluding hydrogens is 363 g/mol. The molecule has 2 rings (SSSR count). The first kappa shape index (κ1) is 19.1. The van der Waals surface area contributed by atoms with Crippen LogP contribution in [0.25, 0.3) is 0 Å². The fourth-order valence-corrected chi connectivity index (χ4v) is 2.81. The number of hydrogen-bond donors (Lipinski definition) is 2. The summed E-state index contributed by atoms with van der Waals surface area (Å²) in [5, 5.41) is 6.45. The molecule has 0 aliphatic carbocycles. The number of anilines is 1. The predicted molar refractivity (Wildman–Crippen MR) is 99.4 cm³/mol. The van der Waals surface area contributed by atoms with Gasteiger partial charge in [-0.3, -0.25) is 10.1 Å². The van der Waals surface area contributed by atoms with Gasteiger partial charge in [0.2, 0.25) is 0 Å². The molecule has 0 aliphatic rings. The molecule has 2 N–H and O–H groups in total. The van der Waals surface area contributed by atoms with Crippen LogP contribution in [0.15, 0.2) is 42.5 Å². The highest BCUT2D eigenvalue weighted by molar-refractivity contribution is 6.35. The van der Waals surface area contributed by atoms with E-state index in [1.807, 2.05) is 6.92 Å². The van der Waals surface area contributed by atoms with E-state index in [1.54, 1.807) is 49.4 Å². The molecular formula is C18H18Cl2N2O3. The topological polar surface area (TPSA) is 67.4 Å². The first-order valence-electron chi connectivity index (χ1n) is 7.70. The minimum atomic E-state index is -0.568. The van der Waals surface area contributed by atoms with Crippen molar-refractivity contribution in [2.45, 2.75) is 19.9 Å². The summed E-state index contributed by atoms with van der Waals surface area (Å²) < 4.78 is 4.82. The lowest BCUT2D eigenvalue weighted by molar-refractivity contribution is 0.0940. The minimum absolute atomic E-state index is 0.269. The van der Waals surface area contributed by atoms with E-state index in [1.165, 1.54) is 0 Å². The van der Waals surface area contributed by atoms with Crippen LogP contribution in [0, 0.1) is 0 Å². The smallest absolute Gasteiger partial charge is 0.411 e. The third-order valence-electron chi connectivity index (χ3n) is 3.42. The second kappa shape index (κ2) is 8.74. The highest BCUT2D eigenvalue weighted by Gasteiger charge is 2.15. The second-order valence-corrected chi connectivity index (χ2v) is 6.13. The lowest BCUT2D eigenvalue weighted by atomic mass is 10.1. The van der Waals surface area contributed by atoms with Crippen LogP contribution in [0.5, 0.6) is 0 Å². The van der Waals surface area contributed by atoms with Crippen molar-refractivity contribution in [1.82, 2.24) is 5.32 Å². The van der Waals surface area contributed by atoms with Crippen molar-refractivity contribution < 1.29 is 14.3 Å². The molecule has 25 heavy (non-hydrogen) atoms. The van der Waals surface area contributed by atoms with Gasteiger partial charge in [0.05, 0.1) is 12.6 Å². The average Bonchev–Trinajstić information content (AvgIpc) is 2.55. The summed E-state index contributed by atoms with van der Waals surface area (Å²) in [5.74, 6) is -0.286. The largest absolute Gasteiger partial charge is 0.450 e. The van der Waals surface area contributed by atoms with Gasteiger partial charge >= 0.3 is 6.09 Å². The monoisotopic (exact) mass is 380 g/mol. The number of hydrogen-bond acceptors (Lipinski definition) is 3. The van der Waals surface area contributed by atoms with Crippen molar-refractivity contribution in [3.63, 3.8) is 0 Å². The summed E-state index contributed by atoms with van der Waals surface area (Å²) in [5.41, 5.74) is 1.65. The average molecular weight is 381 g/mol. The lowest BCUT2D eigenvalue weighted by Crippen LogP contribution is -2.27. The summed E-state index contributed by atoms with van der Waals surface area (Å²) in [6, 6.07) is 11.4. The number of amides is 2. The Labute approximate surface area is 156 Å². The highest BCUT2D eigenvalue weighted by Crippen LogP contribution is 2.26. The van der Waals surface area contributed by atoms with E-state index in [4.69, 9.17) is 27.9 Å². The van der Waals surface area contributed by atoms with Crippen molar-refractivity contribution in [2.24, 2.45) is 0 Å². The SMILES string of the molecule is CCOC(=O)Nc1cccc(C(=O)N[C@H](C)c2ccc(Cl)cc2Cl)c1. The van der Waals surface area contributed by atoms with E-state index >= 15 is 0 Å². The fraction of sp³-hybridized carbons (Fsp3) is 0.222. The maximum Gasteiger partial charge on any atom is 0.411 e. The van der Waals surface area contributed by atoms with E-state index in [-0.39, 0.29) is 18.6 Å². The number of carbonyl (C=O) groups excluding carboxylic acids is 2. The number of rotatable bonds is 5. The molecule has 0 saturated heterocycles. The van der Waals surface area contributed by atoms with Crippen LogP contribution >= 0.6 is 23.2 Å². The molecule has 1 atom stereocenters. The number of carbonyl (C=O) groups is 2. The van der Waals surface area contributed by atoms with Crippen molar-refractivity contribution in [1.29, 1.82) is 0 Å². The van der Waals surface area contributed by atoms with Crippen LogP contribution in [0.4, 0.5) is 10.5 Å². The van der Waals surface area contributed by atoms with Gasteiger partial charge in [0.15, 0.2) is 0 Å². The van der Waals surface area contributed by atoms with Gasteiger partial charge < -0.3 is 10.1 Å². The molecule has 0 fully saturated rings. The third kappa shape index (κ3) is 5.37. The van der Waals surface area contributed by atoms with E-state index < -0.39 is 6.09 Å². The molecule has 2 aromatic carbocycles. The molecule has 0 saturated carbocycles. The van der Waals surface area contributed by atoms with Crippen molar-refractivity contribution in [3.05, 3.63) is 63.6 Å². The van der Waals surface area contributed by atoms with Gasteiger partial charge in [0, 0.05) is 21.3 Å². The predicted octanol–water partition coefficient (Wildman–Crippen LogP) is 5.05. The summed E-state index contributed by atoms with van der Waals surface area (Å²) in [7, 11) is 0. The second-order valence-electron chi connectivity index (χ2n) is 5.29. The molecule has 2 amide bonds. The summed E-state index contributed by atoms with van der Waals surface area (Å²) in [6.45, 7) is 3.81. The Morgan fingerprint density at radius 2 is 1.92 bits per heavy atom. The Bertz CT molecular complexity index is 781. The van der Waals surface area contributed by atoms with Crippen LogP contribution in [-0.2, 0) is 4.74 Å². The first-order chi connectivity index (χ1) is 11.9. The number of halogens is 2. The summed E-state index contributed by atoms with van der Waals surface area (Å²) in [4.78, 5) is 23.9. The Kier molecular flexibility index (Phi) is 6.67. The van der Waals surface area contributed by atoms with Gasteiger partial charge in [-0.05, 0) is 49.7 Å². The molecule has 0 spiro atoms. The van der Waals surface area contributed by atoms with Crippen LogP contribution < -0.4 is 10.6 Å². The molecule has 5 nitrogen and oxygen atoms in total.